The number of aliphatic carboxylic acids is 1. The van der Waals surface area contributed by atoms with Crippen molar-refractivity contribution in [3.8, 4) is 22.3 Å². The normalized spacial score (nSPS) is 13.2. The molecule has 0 bridgehead atoms. The van der Waals surface area contributed by atoms with Gasteiger partial charge in [0.05, 0.1) is 0 Å². The number of amides is 1. The van der Waals surface area contributed by atoms with E-state index < -0.39 is 18.1 Å². The highest BCUT2D eigenvalue weighted by molar-refractivity contribution is 5.82. The molecule has 2 aromatic rings. The first-order valence-electron chi connectivity index (χ1n) is 10.9. The van der Waals surface area contributed by atoms with E-state index in [0.717, 1.165) is 38.9 Å². The maximum Gasteiger partial charge on any atom is 0.407 e. The molecule has 1 atom stereocenters. The summed E-state index contributed by atoms with van der Waals surface area (Å²) in [5, 5.41) is 12.3. The lowest BCUT2D eigenvalue weighted by Crippen LogP contribution is -2.42. The average molecular weight is 437 g/mol. The Morgan fingerprint density at radius 3 is 2.09 bits per heavy atom. The van der Waals surface area contributed by atoms with Gasteiger partial charge < -0.3 is 15.2 Å². The zero-order valence-electron chi connectivity index (χ0n) is 17.9. The van der Waals surface area contributed by atoms with Crippen LogP contribution in [0.25, 0.3) is 22.3 Å². The molecule has 0 aliphatic heterocycles. The molecule has 164 valence electrons. The van der Waals surface area contributed by atoms with E-state index in [2.05, 4.69) is 17.4 Å². The zero-order chi connectivity index (χ0) is 22.8. The highest BCUT2D eigenvalue weighted by Gasteiger charge is 2.30. The third-order valence-electron chi connectivity index (χ3n) is 6.24. The molecule has 33 heavy (non-hydrogen) atoms. The Morgan fingerprint density at radius 1 is 0.788 bits per heavy atom. The van der Waals surface area contributed by atoms with E-state index in [4.69, 9.17) is 4.74 Å². The third kappa shape index (κ3) is 4.05. The van der Waals surface area contributed by atoms with Crippen molar-refractivity contribution < 1.29 is 19.4 Å². The Hall–Kier alpha value is -4.12. The summed E-state index contributed by atoms with van der Waals surface area (Å²) < 4.78 is 5.53. The molecule has 1 amide bonds. The number of hydrogen-bond donors (Lipinski definition) is 2. The van der Waals surface area contributed by atoms with Crippen molar-refractivity contribution in [1.82, 2.24) is 5.32 Å². The van der Waals surface area contributed by atoms with Crippen molar-refractivity contribution in [2.45, 2.75) is 18.4 Å². The Labute approximate surface area is 192 Å². The first-order chi connectivity index (χ1) is 16.1. The predicted molar refractivity (Wildman–Crippen MR) is 126 cm³/mol. The van der Waals surface area contributed by atoms with Gasteiger partial charge in [-0.2, -0.15) is 0 Å². The predicted octanol–water partition coefficient (Wildman–Crippen LogP) is 5.33. The summed E-state index contributed by atoms with van der Waals surface area (Å²) in [4.78, 5) is 24.5. The van der Waals surface area contributed by atoms with E-state index in [1.165, 1.54) is 0 Å². The number of nitrogens with one attached hydrogen (secondary N) is 1. The number of benzene rings is 2. The van der Waals surface area contributed by atoms with Crippen LogP contribution in [-0.2, 0) is 16.0 Å². The molecule has 0 unspecified atom stereocenters. The SMILES string of the molecule is O=C(N[C@H](Cc1ccc2cccccc1-2)C(=O)O)OCC1c2ccccc2-c2ccccc21. The molecule has 0 spiro atoms. The van der Waals surface area contributed by atoms with Crippen LogP contribution in [0.5, 0.6) is 0 Å². The zero-order valence-corrected chi connectivity index (χ0v) is 17.9. The standard InChI is InChI=1S/C28H23NO4/c30-27(31)26(16-19-15-14-18-8-2-1-3-9-20(18)19)29-28(32)33-17-25-23-12-6-4-10-21(23)22-11-5-7-13-24(22)25/h1-15,25-26H,16-17H2,(H,29,32)(H,30,31)/t26-/m1/s1. The Bertz CT molecular complexity index is 1250. The van der Waals surface area contributed by atoms with Crippen LogP contribution in [0, 0.1) is 0 Å². The van der Waals surface area contributed by atoms with Crippen molar-refractivity contribution in [1.29, 1.82) is 0 Å². The van der Waals surface area contributed by atoms with Crippen molar-refractivity contribution in [3.05, 3.63) is 108 Å². The third-order valence-corrected chi connectivity index (χ3v) is 6.24. The molecule has 3 aliphatic rings. The Kier molecular flexibility index (Phi) is 5.53. The molecule has 2 N–H and O–H groups in total. The van der Waals surface area contributed by atoms with Crippen LogP contribution in [0.3, 0.4) is 0 Å². The second-order valence-electron chi connectivity index (χ2n) is 8.20. The molecule has 0 saturated carbocycles. The van der Waals surface area contributed by atoms with Gasteiger partial charge in [0.15, 0.2) is 0 Å². The van der Waals surface area contributed by atoms with Crippen molar-refractivity contribution in [2.75, 3.05) is 6.61 Å². The molecule has 3 aliphatic carbocycles. The van der Waals surface area contributed by atoms with Gasteiger partial charge in [-0.15, -0.1) is 0 Å². The lowest BCUT2D eigenvalue weighted by atomic mass is 9.98. The molecule has 0 radical (unpaired) electrons. The van der Waals surface area contributed by atoms with Gasteiger partial charge in [0.2, 0.25) is 0 Å². The van der Waals surface area contributed by atoms with Crippen LogP contribution >= 0.6 is 0 Å². The Morgan fingerprint density at radius 2 is 1.39 bits per heavy atom. The van der Waals surface area contributed by atoms with E-state index >= 15 is 0 Å². The van der Waals surface area contributed by atoms with Gasteiger partial charge in [-0.25, -0.2) is 9.59 Å². The minimum Gasteiger partial charge on any atom is -0.480 e. The number of carbonyl (C=O) groups excluding carboxylic acids is 1. The molecule has 0 fully saturated rings. The van der Waals surface area contributed by atoms with E-state index in [1.54, 1.807) is 0 Å². The van der Waals surface area contributed by atoms with Crippen LogP contribution in [0.4, 0.5) is 4.79 Å². The summed E-state index contributed by atoms with van der Waals surface area (Å²) in [5.41, 5.74) is 7.37. The van der Waals surface area contributed by atoms with Gasteiger partial charge >= 0.3 is 12.1 Å². The number of fused-ring (bicyclic) bond motifs is 4. The summed E-state index contributed by atoms with van der Waals surface area (Å²) in [6, 6.07) is 28.7. The quantitative estimate of drug-likeness (QED) is 0.428. The van der Waals surface area contributed by atoms with Crippen molar-refractivity contribution in [2.24, 2.45) is 0 Å². The fraction of sp³-hybridized carbons (Fsp3) is 0.143. The van der Waals surface area contributed by atoms with Gasteiger partial charge in [-0.1, -0.05) is 91.0 Å². The second-order valence-corrected chi connectivity index (χ2v) is 8.20. The minimum absolute atomic E-state index is 0.0783. The molecule has 0 heterocycles. The van der Waals surface area contributed by atoms with Gasteiger partial charge in [0.1, 0.15) is 12.6 Å². The number of carbonyl (C=O) groups is 2. The summed E-state index contributed by atoms with van der Waals surface area (Å²) in [7, 11) is 0. The largest absolute Gasteiger partial charge is 0.480 e. The molecule has 5 heteroatoms. The maximum atomic E-state index is 12.6. The van der Waals surface area contributed by atoms with Crippen LogP contribution < -0.4 is 5.32 Å². The summed E-state index contributed by atoms with van der Waals surface area (Å²) >= 11 is 0. The molecular formula is C28H23NO4. The highest BCUT2D eigenvalue weighted by atomic mass is 16.5. The molecule has 2 aromatic carbocycles. The lowest BCUT2D eigenvalue weighted by Gasteiger charge is -2.17. The number of rotatable bonds is 6. The first-order valence-corrected chi connectivity index (χ1v) is 10.9. The average Bonchev–Trinajstić information content (AvgIpc) is 3.25. The van der Waals surface area contributed by atoms with Crippen LogP contribution in [0.15, 0.2) is 91.0 Å². The second kappa shape index (κ2) is 8.79. The van der Waals surface area contributed by atoms with E-state index in [9.17, 15) is 14.7 Å². The molecular weight excluding hydrogens is 414 g/mol. The summed E-state index contributed by atoms with van der Waals surface area (Å²) in [5.74, 6) is -1.18. The number of hydrogen-bond acceptors (Lipinski definition) is 3. The van der Waals surface area contributed by atoms with E-state index in [0.29, 0.717) is 0 Å². The molecule has 0 aromatic heterocycles. The lowest BCUT2D eigenvalue weighted by molar-refractivity contribution is -0.139. The molecule has 0 saturated heterocycles. The van der Waals surface area contributed by atoms with Gasteiger partial charge in [-0.3, -0.25) is 0 Å². The number of ether oxygens (including phenoxy) is 1. The van der Waals surface area contributed by atoms with Crippen molar-refractivity contribution in [3.63, 3.8) is 0 Å². The monoisotopic (exact) mass is 437 g/mol. The van der Waals surface area contributed by atoms with Crippen LogP contribution in [0.1, 0.15) is 22.6 Å². The maximum absolute atomic E-state index is 12.6. The topological polar surface area (TPSA) is 75.6 Å². The molecule has 5 nitrogen and oxygen atoms in total. The smallest absolute Gasteiger partial charge is 0.407 e. The minimum atomic E-state index is -1.10. The first kappa shape index (κ1) is 20.8. The van der Waals surface area contributed by atoms with Crippen LogP contribution in [-0.4, -0.2) is 29.8 Å². The highest BCUT2D eigenvalue weighted by Crippen LogP contribution is 2.44. The van der Waals surface area contributed by atoms with Gasteiger partial charge in [-0.05, 0) is 38.9 Å². The van der Waals surface area contributed by atoms with Crippen molar-refractivity contribution >= 4 is 12.1 Å². The number of carboxylic acid groups (broad SMARTS) is 1. The Balaban J connectivity index is 1.28. The van der Waals surface area contributed by atoms with E-state index in [-0.39, 0.29) is 18.9 Å². The van der Waals surface area contributed by atoms with E-state index in [1.807, 2.05) is 78.9 Å². The fourth-order valence-electron chi connectivity index (χ4n) is 4.66. The summed E-state index contributed by atoms with van der Waals surface area (Å²) in [6.45, 7) is 0.140. The number of alkyl carbamates (subject to hydrolysis) is 1. The molecule has 5 rings (SSSR count). The van der Waals surface area contributed by atoms with Gasteiger partial charge in [0.25, 0.3) is 0 Å². The summed E-state index contributed by atoms with van der Waals surface area (Å²) in [6.07, 6.45) is -0.557. The number of carboxylic acids is 1. The van der Waals surface area contributed by atoms with Crippen LogP contribution in [0.2, 0.25) is 0 Å². The van der Waals surface area contributed by atoms with Gasteiger partial charge in [0, 0.05) is 12.3 Å². The fourth-order valence-corrected chi connectivity index (χ4v) is 4.66.